The van der Waals surface area contributed by atoms with Crippen LogP contribution in [0, 0.1) is 11.8 Å². The van der Waals surface area contributed by atoms with Crippen LogP contribution in [0.15, 0.2) is 24.3 Å². The summed E-state index contributed by atoms with van der Waals surface area (Å²) >= 11 is 0. The van der Waals surface area contributed by atoms with Gasteiger partial charge in [-0.25, -0.2) is 0 Å². The number of anilines is 1. The SMILES string of the molecule is CCCCC1CCC(C(=O)Nc2ccc(CC(C)N)cc2)CC1. The number of benzene rings is 1. The molecule has 0 aliphatic heterocycles. The van der Waals surface area contributed by atoms with Gasteiger partial charge in [0.1, 0.15) is 0 Å². The number of hydrogen-bond acceptors (Lipinski definition) is 2. The molecule has 1 aliphatic rings. The molecule has 0 saturated heterocycles. The summed E-state index contributed by atoms with van der Waals surface area (Å²) in [5.41, 5.74) is 7.93. The first-order chi connectivity index (χ1) is 11.1. The molecule has 23 heavy (non-hydrogen) atoms. The van der Waals surface area contributed by atoms with E-state index >= 15 is 0 Å². The highest BCUT2D eigenvalue weighted by Crippen LogP contribution is 2.32. The van der Waals surface area contributed by atoms with Gasteiger partial charge in [-0.3, -0.25) is 4.79 Å². The number of rotatable bonds is 7. The number of nitrogens with one attached hydrogen (secondary N) is 1. The van der Waals surface area contributed by atoms with E-state index in [1.54, 1.807) is 0 Å². The zero-order chi connectivity index (χ0) is 16.7. The van der Waals surface area contributed by atoms with Crippen LogP contribution in [0.4, 0.5) is 5.69 Å². The third kappa shape index (κ3) is 5.98. The highest BCUT2D eigenvalue weighted by molar-refractivity contribution is 5.92. The van der Waals surface area contributed by atoms with Gasteiger partial charge < -0.3 is 11.1 Å². The van der Waals surface area contributed by atoms with Crippen molar-refractivity contribution in [1.82, 2.24) is 0 Å². The van der Waals surface area contributed by atoms with Gasteiger partial charge in [-0.1, -0.05) is 38.3 Å². The van der Waals surface area contributed by atoms with Crippen LogP contribution in [0.5, 0.6) is 0 Å². The summed E-state index contributed by atoms with van der Waals surface area (Å²) < 4.78 is 0. The summed E-state index contributed by atoms with van der Waals surface area (Å²) in [5, 5.41) is 3.08. The maximum atomic E-state index is 12.4. The molecule has 1 aliphatic carbocycles. The Hall–Kier alpha value is -1.35. The molecule has 1 fully saturated rings. The second kappa shape index (κ2) is 9.07. The molecule has 2 rings (SSSR count). The molecule has 1 unspecified atom stereocenters. The van der Waals surface area contributed by atoms with E-state index in [4.69, 9.17) is 5.73 Å². The van der Waals surface area contributed by atoms with Gasteiger partial charge in [-0.05, 0) is 62.6 Å². The molecule has 1 atom stereocenters. The standard InChI is InChI=1S/C20H32N2O/c1-3-4-5-16-6-10-18(11-7-16)20(23)22-19-12-8-17(9-13-19)14-15(2)21/h8-9,12-13,15-16,18H,3-7,10-11,14,21H2,1-2H3,(H,22,23). The van der Waals surface area contributed by atoms with Crippen molar-refractivity contribution in [2.75, 3.05) is 5.32 Å². The molecule has 0 radical (unpaired) electrons. The lowest BCUT2D eigenvalue weighted by atomic mass is 9.79. The fourth-order valence-corrected chi connectivity index (χ4v) is 3.55. The second-order valence-electron chi connectivity index (χ2n) is 7.23. The molecule has 0 heterocycles. The fourth-order valence-electron chi connectivity index (χ4n) is 3.55. The highest BCUT2D eigenvalue weighted by Gasteiger charge is 2.25. The van der Waals surface area contributed by atoms with Crippen molar-refractivity contribution in [3.63, 3.8) is 0 Å². The van der Waals surface area contributed by atoms with Gasteiger partial charge in [0.05, 0.1) is 0 Å². The lowest BCUT2D eigenvalue weighted by Crippen LogP contribution is -2.27. The van der Waals surface area contributed by atoms with Crippen LogP contribution >= 0.6 is 0 Å². The Balaban J connectivity index is 1.78. The Morgan fingerprint density at radius 1 is 1.22 bits per heavy atom. The van der Waals surface area contributed by atoms with Crippen LogP contribution in [0.3, 0.4) is 0 Å². The molecule has 1 amide bonds. The Morgan fingerprint density at radius 2 is 1.87 bits per heavy atom. The van der Waals surface area contributed by atoms with E-state index in [1.807, 2.05) is 19.1 Å². The summed E-state index contributed by atoms with van der Waals surface area (Å²) in [4.78, 5) is 12.4. The zero-order valence-corrected chi connectivity index (χ0v) is 14.7. The smallest absolute Gasteiger partial charge is 0.227 e. The first-order valence-electron chi connectivity index (χ1n) is 9.24. The largest absolute Gasteiger partial charge is 0.328 e. The van der Waals surface area contributed by atoms with Crippen LogP contribution in [-0.2, 0) is 11.2 Å². The molecule has 3 N–H and O–H groups in total. The minimum Gasteiger partial charge on any atom is -0.328 e. The summed E-state index contributed by atoms with van der Waals surface area (Å²) in [5.74, 6) is 1.23. The summed E-state index contributed by atoms with van der Waals surface area (Å²) in [6.07, 6.45) is 9.33. The lowest BCUT2D eigenvalue weighted by Gasteiger charge is -2.27. The quantitative estimate of drug-likeness (QED) is 0.777. The van der Waals surface area contributed by atoms with Crippen molar-refractivity contribution in [3.8, 4) is 0 Å². The minimum absolute atomic E-state index is 0.165. The van der Waals surface area contributed by atoms with Gasteiger partial charge in [0.25, 0.3) is 0 Å². The molecule has 0 spiro atoms. The van der Waals surface area contributed by atoms with Gasteiger partial charge >= 0.3 is 0 Å². The molecule has 1 aromatic rings. The number of unbranched alkanes of at least 4 members (excludes halogenated alkanes) is 1. The van der Waals surface area contributed by atoms with Crippen LogP contribution < -0.4 is 11.1 Å². The average molecular weight is 316 g/mol. The first-order valence-corrected chi connectivity index (χ1v) is 9.24. The van der Waals surface area contributed by atoms with Crippen LogP contribution in [0.1, 0.15) is 64.4 Å². The van der Waals surface area contributed by atoms with E-state index in [9.17, 15) is 4.79 Å². The zero-order valence-electron chi connectivity index (χ0n) is 14.7. The average Bonchev–Trinajstić information content (AvgIpc) is 2.54. The van der Waals surface area contributed by atoms with Crippen molar-refractivity contribution in [2.24, 2.45) is 17.6 Å². The van der Waals surface area contributed by atoms with Crippen molar-refractivity contribution < 1.29 is 4.79 Å². The van der Waals surface area contributed by atoms with Crippen LogP contribution in [0.2, 0.25) is 0 Å². The van der Waals surface area contributed by atoms with Gasteiger partial charge in [0, 0.05) is 17.6 Å². The van der Waals surface area contributed by atoms with Gasteiger partial charge in [0.15, 0.2) is 0 Å². The molecule has 3 heteroatoms. The van der Waals surface area contributed by atoms with Crippen LogP contribution in [-0.4, -0.2) is 11.9 Å². The number of hydrogen-bond donors (Lipinski definition) is 2. The van der Waals surface area contributed by atoms with Gasteiger partial charge in [-0.15, -0.1) is 0 Å². The third-order valence-electron chi connectivity index (χ3n) is 4.96. The van der Waals surface area contributed by atoms with E-state index in [0.717, 1.165) is 30.9 Å². The molecule has 0 aromatic heterocycles. The number of nitrogens with two attached hydrogens (primary N) is 1. The Labute approximate surface area is 141 Å². The molecule has 3 nitrogen and oxygen atoms in total. The van der Waals surface area contributed by atoms with E-state index in [2.05, 4.69) is 24.4 Å². The lowest BCUT2D eigenvalue weighted by molar-refractivity contribution is -0.121. The Morgan fingerprint density at radius 3 is 2.43 bits per heavy atom. The topological polar surface area (TPSA) is 55.1 Å². The molecule has 1 aromatic carbocycles. The molecular formula is C20H32N2O. The van der Waals surface area contributed by atoms with Gasteiger partial charge in [0.2, 0.25) is 5.91 Å². The van der Waals surface area contributed by atoms with Gasteiger partial charge in [-0.2, -0.15) is 0 Å². The molecular weight excluding hydrogens is 284 g/mol. The summed E-state index contributed by atoms with van der Waals surface area (Å²) in [7, 11) is 0. The molecule has 0 bridgehead atoms. The molecule has 128 valence electrons. The fraction of sp³-hybridized carbons (Fsp3) is 0.650. The first kappa shape index (κ1) is 18.0. The number of carbonyl (C=O) groups excluding carboxylic acids is 1. The highest BCUT2D eigenvalue weighted by atomic mass is 16.1. The van der Waals surface area contributed by atoms with E-state index in [0.29, 0.717) is 0 Å². The predicted octanol–water partition coefficient (Wildman–Crippen LogP) is 4.51. The third-order valence-corrected chi connectivity index (χ3v) is 4.96. The Bertz CT molecular complexity index is 473. The van der Waals surface area contributed by atoms with Crippen LogP contribution in [0.25, 0.3) is 0 Å². The van der Waals surface area contributed by atoms with E-state index in [1.165, 1.54) is 37.7 Å². The number of amides is 1. The maximum Gasteiger partial charge on any atom is 0.227 e. The number of carbonyl (C=O) groups is 1. The van der Waals surface area contributed by atoms with E-state index < -0.39 is 0 Å². The van der Waals surface area contributed by atoms with Crippen molar-refractivity contribution in [3.05, 3.63) is 29.8 Å². The summed E-state index contributed by atoms with van der Waals surface area (Å²) in [6.45, 7) is 4.26. The summed E-state index contributed by atoms with van der Waals surface area (Å²) in [6, 6.07) is 8.25. The van der Waals surface area contributed by atoms with E-state index in [-0.39, 0.29) is 17.9 Å². The monoisotopic (exact) mass is 316 g/mol. The normalized spacial score (nSPS) is 22.6. The minimum atomic E-state index is 0.165. The maximum absolute atomic E-state index is 12.4. The van der Waals surface area contributed by atoms with Crippen molar-refractivity contribution >= 4 is 11.6 Å². The predicted molar refractivity (Wildman–Crippen MR) is 97.4 cm³/mol. The Kier molecular flexibility index (Phi) is 7.10. The second-order valence-corrected chi connectivity index (χ2v) is 7.23. The molecule has 1 saturated carbocycles. The van der Waals surface area contributed by atoms with Crippen molar-refractivity contribution in [2.45, 2.75) is 71.3 Å². The van der Waals surface area contributed by atoms with Crippen molar-refractivity contribution in [1.29, 1.82) is 0 Å².